The zero-order valence-electron chi connectivity index (χ0n) is 13.6. The fourth-order valence-corrected chi connectivity index (χ4v) is 2.85. The molecule has 1 saturated heterocycles. The van der Waals surface area contributed by atoms with Crippen molar-refractivity contribution < 1.29 is 32.8 Å². The van der Waals surface area contributed by atoms with Crippen molar-refractivity contribution in [3.63, 3.8) is 0 Å². The molecule has 8 nitrogen and oxygen atoms in total. The summed E-state index contributed by atoms with van der Waals surface area (Å²) in [6.45, 7) is 0.163. The number of alkyl halides is 3. The Bertz CT molecular complexity index is 738. The Kier molecular flexibility index (Phi) is 5.50. The smallest absolute Gasteiger partial charge is 0.393 e. The van der Waals surface area contributed by atoms with Crippen molar-refractivity contribution in [2.75, 3.05) is 25.0 Å². The molecule has 142 valence electrons. The number of nitrogens with one attached hydrogen (secondary N) is 1. The Labute approximate surface area is 145 Å². The fraction of sp³-hybridized carbons (Fsp3) is 0.467. The summed E-state index contributed by atoms with van der Waals surface area (Å²) in [6, 6.07) is 3.84. The van der Waals surface area contributed by atoms with Crippen molar-refractivity contribution in [1.82, 2.24) is 4.90 Å². The molecule has 26 heavy (non-hydrogen) atoms. The maximum atomic E-state index is 12.9. The van der Waals surface area contributed by atoms with Gasteiger partial charge in [0.2, 0.25) is 5.91 Å². The van der Waals surface area contributed by atoms with E-state index in [-0.39, 0.29) is 11.4 Å². The van der Waals surface area contributed by atoms with E-state index < -0.39 is 54.4 Å². The van der Waals surface area contributed by atoms with Crippen LogP contribution in [0.15, 0.2) is 18.2 Å². The van der Waals surface area contributed by atoms with Gasteiger partial charge < -0.3 is 10.4 Å². The molecule has 2 atom stereocenters. The van der Waals surface area contributed by atoms with Crippen molar-refractivity contribution in [2.24, 2.45) is 11.8 Å². The summed E-state index contributed by atoms with van der Waals surface area (Å²) < 4.78 is 38.8. The Morgan fingerprint density at radius 3 is 2.54 bits per heavy atom. The highest BCUT2D eigenvalue weighted by Crippen LogP contribution is 2.37. The van der Waals surface area contributed by atoms with Crippen LogP contribution in [0, 0.1) is 28.9 Å². The van der Waals surface area contributed by atoms with Crippen LogP contribution in [-0.2, 0) is 9.59 Å². The number of nitro benzene ring substituents is 1. The zero-order valence-corrected chi connectivity index (χ0v) is 13.6. The van der Waals surface area contributed by atoms with Crippen LogP contribution in [-0.4, -0.2) is 52.6 Å². The normalized spacial score (nSPS) is 20.8. The Balaban J connectivity index is 2.06. The van der Waals surface area contributed by atoms with Crippen LogP contribution < -0.4 is 5.32 Å². The standard InChI is InChI=1S/C15H16F3N3O5/c1-8-2-3-9(21(25)26)4-12(8)19-13(22)7-20-5-10(14(23)24)11(6-20)15(16,17)18/h2-4,10-11H,5-7H2,1H3,(H,19,22)(H,23,24)/t10-,11-/m1/s1. The van der Waals surface area contributed by atoms with Gasteiger partial charge in [0.05, 0.1) is 29.0 Å². The van der Waals surface area contributed by atoms with Gasteiger partial charge in [-0.15, -0.1) is 0 Å². The van der Waals surface area contributed by atoms with Gasteiger partial charge >= 0.3 is 12.1 Å². The summed E-state index contributed by atoms with van der Waals surface area (Å²) in [4.78, 5) is 34.4. The van der Waals surface area contributed by atoms with Crippen LogP contribution in [0.1, 0.15) is 5.56 Å². The lowest BCUT2D eigenvalue weighted by molar-refractivity contribution is -0.384. The van der Waals surface area contributed by atoms with Crippen LogP contribution >= 0.6 is 0 Å². The first-order valence-electron chi connectivity index (χ1n) is 7.56. The number of benzene rings is 1. The van der Waals surface area contributed by atoms with E-state index in [1.165, 1.54) is 12.1 Å². The van der Waals surface area contributed by atoms with Gasteiger partial charge in [0.1, 0.15) is 0 Å². The molecule has 0 radical (unpaired) electrons. The highest BCUT2D eigenvalue weighted by Gasteiger charge is 2.52. The van der Waals surface area contributed by atoms with Crippen LogP contribution in [0.3, 0.4) is 0 Å². The third-order valence-corrected chi connectivity index (χ3v) is 4.21. The van der Waals surface area contributed by atoms with Gasteiger partial charge in [-0.05, 0) is 12.5 Å². The average molecular weight is 375 g/mol. The molecule has 1 aliphatic rings. The molecule has 1 aromatic rings. The number of hydrogen-bond donors (Lipinski definition) is 2. The SMILES string of the molecule is Cc1ccc([N+](=O)[O-])cc1NC(=O)CN1C[C@@H](C(F)(F)F)[C@H](C(=O)O)C1. The van der Waals surface area contributed by atoms with Gasteiger partial charge in [0.15, 0.2) is 0 Å². The molecule has 1 amide bonds. The summed E-state index contributed by atoms with van der Waals surface area (Å²) in [5.41, 5.74) is 0.475. The van der Waals surface area contributed by atoms with E-state index >= 15 is 0 Å². The summed E-state index contributed by atoms with van der Waals surface area (Å²) in [6.07, 6.45) is -4.68. The van der Waals surface area contributed by atoms with Crippen LogP contribution in [0.4, 0.5) is 24.5 Å². The minimum atomic E-state index is -4.68. The van der Waals surface area contributed by atoms with Crippen LogP contribution in [0.5, 0.6) is 0 Å². The van der Waals surface area contributed by atoms with Gasteiger partial charge in [0.25, 0.3) is 5.69 Å². The van der Waals surface area contributed by atoms with Gasteiger partial charge in [-0.1, -0.05) is 6.07 Å². The number of anilines is 1. The highest BCUT2D eigenvalue weighted by atomic mass is 19.4. The van der Waals surface area contributed by atoms with Crippen molar-refractivity contribution >= 4 is 23.3 Å². The Hall–Kier alpha value is -2.69. The number of carboxylic acids is 1. The molecule has 0 aliphatic carbocycles. The summed E-state index contributed by atoms with van der Waals surface area (Å²) in [5, 5.41) is 22.2. The molecule has 1 heterocycles. The first-order valence-corrected chi connectivity index (χ1v) is 7.56. The van der Waals surface area contributed by atoms with Crippen LogP contribution in [0.2, 0.25) is 0 Å². The number of hydrogen-bond acceptors (Lipinski definition) is 5. The van der Waals surface area contributed by atoms with Gasteiger partial charge in [-0.2, -0.15) is 13.2 Å². The number of carbonyl (C=O) groups is 2. The van der Waals surface area contributed by atoms with Gasteiger partial charge in [-0.3, -0.25) is 24.6 Å². The molecule has 1 fully saturated rings. The summed E-state index contributed by atoms with van der Waals surface area (Å²) in [7, 11) is 0. The molecule has 1 aromatic carbocycles. The molecule has 0 bridgehead atoms. The van der Waals surface area contributed by atoms with E-state index in [4.69, 9.17) is 5.11 Å². The first-order chi connectivity index (χ1) is 12.0. The Morgan fingerprint density at radius 2 is 2.04 bits per heavy atom. The fourth-order valence-electron chi connectivity index (χ4n) is 2.85. The lowest BCUT2D eigenvalue weighted by Crippen LogP contribution is -2.34. The average Bonchev–Trinajstić information content (AvgIpc) is 2.93. The number of carbonyl (C=O) groups excluding carboxylic acids is 1. The van der Waals surface area contributed by atoms with E-state index in [1.807, 2.05) is 0 Å². The zero-order chi connectivity index (χ0) is 19.6. The number of carboxylic acid groups (broad SMARTS) is 1. The predicted molar refractivity (Wildman–Crippen MR) is 83.6 cm³/mol. The van der Waals surface area contributed by atoms with Crippen molar-refractivity contribution in [3.8, 4) is 0 Å². The topological polar surface area (TPSA) is 113 Å². The second kappa shape index (κ2) is 7.28. The summed E-state index contributed by atoms with van der Waals surface area (Å²) in [5.74, 6) is -5.93. The van der Waals surface area contributed by atoms with Gasteiger partial charge in [-0.25, -0.2) is 0 Å². The number of aliphatic carboxylic acids is 1. The summed E-state index contributed by atoms with van der Waals surface area (Å²) >= 11 is 0. The van der Waals surface area contributed by atoms with Crippen molar-refractivity contribution in [3.05, 3.63) is 33.9 Å². The predicted octanol–water partition coefficient (Wildman–Crippen LogP) is 2.04. The second-order valence-electron chi connectivity index (χ2n) is 6.09. The third-order valence-electron chi connectivity index (χ3n) is 4.21. The third kappa shape index (κ3) is 4.48. The molecule has 2 N–H and O–H groups in total. The largest absolute Gasteiger partial charge is 0.481 e. The van der Waals surface area contributed by atoms with E-state index in [9.17, 15) is 32.9 Å². The molecule has 0 spiro atoms. The number of rotatable bonds is 5. The highest BCUT2D eigenvalue weighted by molar-refractivity contribution is 5.93. The lowest BCUT2D eigenvalue weighted by Gasteiger charge is -2.18. The molecule has 0 aromatic heterocycles. The number of aryl methyl sites for hydroxylation is 1. The van der Waals surface area contributed by atoms with Gasteiger partial charge in [0, 0.05) is 25.2 Å². The number of amides is 1. The maximum absolute atomic E-state index is 12.9. The minimum Gasteiger partial charge on any atom is -0.481 e. The van der Waals surface area contributed by atoms with Crippen molar-refractivity contribution in [1.29, 1.82) is 0 Å². The number of halogens is 3. The molecule has 0 saturated carbocycles. The first kappa shape index (κ1) is 19.6. The number of nitrogens with zero attached hydrogens (tertiary/aromatic N) is 2. The number of non-ortho nitro benzene ring substituents is 1. The monoisotopic (exact) mass is 375 g/mol. The quantitative estimate of drug-likeness (QED) is 0.602. The molecule has 2 rings (SSSR count). The van der Waals surface area contributed by atoms with E-state index in [0.29, 0.717) is 5.56 Å². The molecular formula is C15H16F3N3O5. The number of nitro groups is 1. The second-order valence-corrected chi connectivity index (χ2v) is 6.09. The lowest BCUT2D eigenvalue weighted by atomic mass is 9.96. The van der Waals surface area contributed by atoms with Crippen molar-refractivity contribution in [2.45, 2.75) is 13.1 Å². The molecule has 0 unspecified atom stereocenters. The molecule has 11 heteroatoms. The minimum absolute atomic E-state index is 0.172. The molecule has 1 aliphatic heterocycles. The Morgan fingerprint density at radius 1 is 1.38 bits per heavy atom. The molecular weight excluding hydrogens is 359 g/mol. The van der Waals surface area contributed by atoms with E-state index in [0.717, 1.165) is 11.0 Å². The number of likely N-dealkylation sites (tertiary alicyclic amines) is 1. The van der Waals surface area contributed by atoms with E-state index in [1.54, 1.807) is 6.92 Å². The maximum Gasteiger partial charge on any atom is 0.393 e. The van der Waals surface area contributed by atoms with E-state index in [2.05, 4.69) is 5.32 Å². The van der Waals surface area contributed by atoms with Crippen LogP contribution in [0.25, 0.3) is 0 Å².